The van der Waals surface area contributed by atoms with E-state index in [4.69, 9.17) is 0 Å². The van der Waals surface area contributed by atoms with Gasteiger partial charge >= 0.3 is 0 Å². The van der Waals surface area contributed by atoms with E-state index >= 15 is 0 Å². The van der Waals surface area contributed by atoms with Gasteiger partial charge in [0, 0.05) is 25.8 Å². The van der Waals surface area contributed by atoms with Crippen LogP contribution in [0.15, 0.2) is 12.8 Å². The fourth-order valence-corrected chi connectivity index (χ4v) is 0. The predicted molar refractivity (Wildman–Crippen MR) is 14.4 cm³/mol. The number of nitrogens with two attached hydrogens (primary N) is 1. The first-order valence-electron chi connectivity index (χ1n) is 0.742. The summed E-state index contributed by atoms with van der Waals surface area (Å²) in [7, 11) is 0. The quantitative estimate of drug-likeness (QED) is 0.446. The fraction of sp³-hybridized carbons (Fsp3) is 0. The van der Waals surface area contributed by atoms with E-state index in [-0.39, 0.29) is 25.8 Å². The summed E-state index contributed by atoms with van der Waals surface area (Å²) in [6, 6.07) is 0. The van der Waals surface area contributed by atoms with Crippen molar-refractivity contribution in [3.8, 4) is 0 Å². The smallest absolute Gasteiger partial charge is 0 e. The molecule has 0 amide bonds. The van der Waals surface area contributed by atoms with Gasteiger partial charge in [-0.2, -0.15) is 0 Å². The Morgan fingerprint density at radius 3 is 1.75 bits per heavy atom. The van der Waals surface area contributed by atoms with Crippen LogP contribution in [-0.4, -0.2) is 0 Å². The van der Waals surface area contributed by atoms with Crippen molar-refractivity contribution in [1.29, 1.82) is 0 Å². The van der Waals surface area contributed by atoms with Crippen molar-refractivity contribution in [1.82, 2.24) is 0 Å². The molecule has 1 nitrogen and oxygen atoms in total. The summed E-state index contributed by atoms with van der Waals surface area (Å²) < 4.78 is 0. The van der Waals surface area contributed by atoms with E-state index in [0.717, 1.165) is 0 Å². The van der Waals surface area contributed by atoms with Crippen LogP contribution in [-0.2, 0) is 25.8 Å². The Kier molecular flexibility index (Phi) is 22.0. The van der Waals surface area contributed by atoms with E-state index in [1.165, 1.54) is 6.20 Å². The Bertz CT molecular complexity index is 13.5. The summed E-state index contributed by atoms with van der Waals surface area (Å²) in [4.78, 5) is 0. The van der Waals surface area contributed by atoms with E-state index in [2.05, 4.69) is 12.3 Å². The van der Waals surface area contributed by atoms with Crippen molar-refractivity contribution < 1.29 is 25.8 Å². The van der Waals surface area contributed by atoms with Gasteiger partial charge in [0.05, 0.1) is 0 Å². The maximum absolute atomic E-state index is 4.61. The van der Waals surface area contributed by atoms with Crippen LogP contribution < -0.4 is 5.73 Å². The van der Waals surface area contributed by atoms with Gasteiger partial charge in [-0.3, -0.25) is 0 Å². The molecule has 2 heteroatoms. The molecule has 0 saturated carbocycles. The first-order valence-corrected chi connectivity index (χ1v) is 0.742. The summed E-state index contributed by atoms with van der Waals surface area (Å²) in [5.74, 6) is 0. The van der Waals surface area contributed by atoms with E-state index in [1.54, 1.807) is 0 Å². The van der Waals surface area contributed by atoms with Gasteiger partial charge in [0.15, 0.2) is 0 Å². The largest absolute Gasteiger partial charge is 0.405 e. The van der Waals surface area contributed by atoms with Crippen LogP contribution in [0.5, 0.6) is 0 Å². The second-order valence-electron chi connectivity index (χ2n) is 0.236. The van der Waals surface area contributed by atoms with Gasteiger partial charge in [-0.05, 0) is 6.20 Å². The molecule has 0 aromatic carbocycles. The van der Waals surface area contributed by atoms with Gasteiger partial charge in [0.1, 0.15) is 0 Å². The van der Waals surface area contributed by atoms with Crippen LogP contribution in [0.25, 0.3) is 0 Å². The van der Waals surface area contributed by atoms with Gasteiger partial charge < -0.3 is 5.73 Å². The second kappa shape index (κ2) is 9.96. The van der Waals surface area contributed by atoms with Crippen LogP contribution in [0.3, 0.4) is 0 Å². The van der Waals surface area contributed by atoms with Crippen molar-refractivity contribution in [3.63, 3.8) is 0 Å². The van der Waals surface area contributed by atoms with E-state index < -0.39 is 0 Å². The van der Waals surface area contributed by atoms with Crippen LogP contribution in [0.4, 0.5) is 0 Å². The number of hydrogen-bond donors (Lipinski definition) is 1. The molecule has 2 N–H and O–H groups in total. The molecule has 0 spiro atoms. The molecule has 0 aliphatic rings. The third-order valence-corrected chi connectivity index (χ3v) is 0. The summed E-state index contributed by atoms with van der Waals surface area (Å²) >= 11 is 0. The van der Waals surface area contributed by atoms with Crippen molar-refractivity contribution in [3.05, 3.63) is 12.8 Å². The molecule has 0 unspecified atom stereocenters. The molecular weight excluding hydrogens is 83.0 g/mol. The van der Waals surface area contributed by atoms with E-state index in [9.17, 15) is 0 Å². The van der Waals surface area contributed by atoms with Crippen LogP contribution in [0, 0.1) is 0 Å². The minimum Gasteiger partial charge on any atom is -0.405 e. The fourth-order valence-electron chi connectivity index (χ4n) is 0. The monoisotopic (exact) mass is 88.0 g/mol. The second-order valence-corrected chi connectivity index (χ2v) is 0.236. The Morgan fingerprint density at radius 2 is 1.75 bits per heavy atom. The molecule has 0 heterocycles. The molecule has 0 aliphatic carbocycles. The Morgan fingerprint density at radius 1 is 1.75 bits per heavy atom. The molecule has 21 valence electrons. The molecule has 0 aliphatic heterocycles. The molecule has 0 bridgehead atoms. The summed E-state index contributed by atoms with van der Waals surface area (Å²) in [6.45, 7) is 3.14. The predicted octanol–water partition coefficient (Wildman–Crippen LogP) is 0.0861. The minimum absolute atomic E-state index is 0. The normalized spacial score (nSPS) is 3.00. The molecule has 0 rings (SSSR count). The molecule has 0 saturated heterocycles. The van der Waals surface area contributed by atoms with Gasteiger partial charge in [-0.25, -0.2) is 0 Å². The van der Waals surface area contributed by atoms with Crippen LogP contribution >= 0.6 is 0 Å². The SMILES string of the molecule is C=CN.[Sc]. The first kappa shape index (κ1) is 8.83. The first-order chi connectivity index (χ1) is 1.41. The number of rotatable bonds is 0. The van der Waals surface area contributed by atoms with Gasteiger partial charge in [-0.15, -0.1) is 0 Å². The molecule has 0 atom stereocenters. The summed E-state index contributed by atoms with van der Waals surface area (Å²) in [5, 5.41) is 0. The van der Waals surface area contributed by atoms with Crippen LogP contribution in [0.2, 0.25) is 0 Å². The third kappa shape index (κ3) is 28.5. The standard InChI is InChI=1S/C2H5N.Sc/c1-2-3;/h2H,1,3H2;. The maximum Gasteiger partial charge on any atom is 0 e. The maximum atomic E-state index is 4.61. The van der Waals surface area contributed by atoms with E-state index in [1.807, 2.05) is 0 Å². The Labute approximate surface area is 44.7 Å². The molecule has 0 fully saturated rings. The average Bonchev–Trinajstić information content (AvgIpc) is 0.918. The van der Waals surface area contributed by atoms with Crippen molar-refractivity contribution >= 4 is 0 Å². The third-order valence-electron chi connectivity index (χ3n) is 0. The van der Waals surface area contributed by atoms with Crippen molar-refractivity contribution in [2.24, 2.45) is 5.73 Å². The van der Waals surface area contributed by atoms with Gasteiger partial charge in [0.2, 0.25) is 0 Å². The van der Waals surface area contributed by atoms with Crippen molar-refractivity contribution in [2.45, 2.75) is 0 Å². The van der Waals surface area contributed by atoms with Gasteiger partial charge in [-0.1, -0.05) is 6.58 Å². The zero-order valence-corrected chi connectivity index (χ0v) is 4.24. The molecule has 0 aromatic heterocycles. The molecule has 4 heavy (non-hydrogen) atoms. The summed E-state index contributed by atoms with van der Waals surface area (Å²) in [5.41, 5.74) is 4.61. The molecule has 0 aromatic rings. The Balaban J connectivity index is 0. The molecular formula is C2H5NSc. The average molecular weight is 88.0 g/mol. The molecule has 1 radical (unpaired) electrons. The zero-order chi connectivity index (χ0) is 2.71. The topological polar surface area (TPSA) is 26.0 Å². The summed E-state index contributed by atoms with van der Waals surface area (Å²) in [6.07, 6.45) is 1.25. The van der Waals surface area contributed by atoms with E-state index in [0.29, 0.717) is 0 Å². The van der Waals surface area contributed by atoms with Gasteiger partial charge in [0.25, 0.3) is 0 Å². The Hall–Kier alpha value is 0.410. The minimum atomic E-state index is 0. The van der Waals surface area contributed by atoms with Crippen LogP contribution in [0.1, 0.15) is 0 Å². The number of hydrogen-bond acceptors (Lipinski definition) is 1. The van der Waals surface area contributed by atoms with Crippen molar-refractivity contribution in [2.75, 3.05) is 0 Å². The zero-order valence-electron chi connectivity index (χ0n) is 2.44.